The van der Waals surface area contributed by atoms with E-state index in [1.54, 1.807) is 6.08 Å². The molecule has 0 saturated heterocycles. The minimum absolute atomic E-state index is 0.212. The number of nitrogens with zero attached hydrogens (tertiary/aromatic N) is 2. The molecule has 2 fully saturated rings. The van der Waals surface area contributed by atoms with Crippen LogP contribution in [0.4, 0.5) is 5.13 Å². The molecule has 2 unspecified atom stereocenters. The Balaban J connectivity index is 1.35. The molecule has 2 aromatic rings. The highest BCUT2D eigenvalue weighted by Gasteiger charge is 2.36. The summed E-state index contributed by atoms with van der Waals surface area (Å²) in [6, 6.07) is 3.90. The van der Waals surface area contributed by atoms with Crippen molar-refractivity contribution in [2.75, 3.05) is 5.32 Å². The van der Waals surface area contributed by atoms with Crippen LogP contribution in [0.3, 0.4) is 0 Å². The first-order chi connectivity index (χ1) is 10.7. The Bertz CT molecular complexity index is 729. The maximum Gasteiger partial charge on any atom is 0.250 e. The number of carbonyl (C=O) groups excluding carboxylic acids is 1. The lowest BCUT2D eigenvalue weighted by Crippen LogP contribution is -2.07. The summed E-state index contributed by atoms with van der Waals surface area (Å²) in [4.78, 5) is 11.9. The molecular weight excluding hydrogens is 298 g/mol. The second kappa shape index (κ2) is 5.35. The number of hydrogen-bond donors (Lipinski definition) is 1. The quantitative estimate of drug-likeness (QED) is 0.853. The molecule has 1 N–H and O–H groups in total. The molecule has 4 rings (SSSR count). The molecule has 2 saturated carbocycles. The van der Waals surface area contributed by atoms with Crippen molar-refractivity contribution >= 4 is 28.5 Å². The van der Waals surface area contributed by atoms with Gasteiger partial charge in [0, 0.05) is 17.9 Å². The fourth-order valence-electron chi connectivity index (χ4n) is 2.46. The Morgan fingerprint density at radius 1 is 1.41 bits per heavy atom. The Morgan fingerprint density at radius 3 is 2.95 bits per heavy atom. The molecule has 2 aliphatic carbocycles. The summed E-state index contributed by atoms with van der Waals surface area (Å²) in [6.07, 6.45) is 6.72. The molecule has 2 aromatic heterocycles. The highest BCUT2D eigenvalue weighted by atomic mass is 32.1. The van der Waals surface area contributed by atoms with Crippen molar-refractivity contribution in [3.8, 4) is 0 Å². The van der Waals surface area contributed by atoms with Gasteiger partial charge < -0.3 is 4.42 Å². The second-order valence-electron chi connectivity index (χ2n) is 6.10. The highest BCUT2D eigenvalue weighted by Crippen LogP contribution is 2.47. The van der Waals surface area contributed by atoms with Gasteiger partial charge in [0.1, 0.15) is 16.5 Å². The summed E-state index contributed by atoms with van der Waals surface area (Å²) in [5, 5.41) is 12.4. The molecular formula is C16H17N3O2S. The molecule has 0 spiro atoms. The first-order valence-electron chi connectivity index (χ1n) is 7.61. The number of rotatable bonds is 5. The lowest BCUT2D eigenvalue weighted by molar-refractivity contribution is -0.111. The standard InChI is InChI=1S/C16H17N3O2S/c1-9-8-12(9)13-6-4-11(21-13)5-7-14(20)17-16-19-18-15(22-16)10-2-3-10/h4-7,9-10,12H,2-3,8H2,1H3,(H,17,19,20)/b7-5+. The van der Waals surface area contributed by atoms with Crippen molar-refractivity contribution in [2.45, 2.75) is 38.0 Å². The molecule has 5 nitrogen and oxygen atoms in total. The van der Waals surface area contributed by atoms with Crippen LogP contribution < -0.4 is 5.32 Å². The lowest BCUT2D eigenvalue weighted by atomic mass is 10.3. The van der Waals surface area contributed by atoms with Crippen molar-refractivity contribution in [1.82, 2.24) is 10.2 Å². The molecule has 22 heavy (non-hydrogen) atoms. The van der Waals surface area contributed by atoms with Crippen LogP contribution in [-0.2, 0) is 4.79 Å². The number of amides is 1. The van der Waals surface area contributed by atoms with Gasteiger partial charge in [-0.15, -0.1) is 10.2 Å². The largest absolute Gasteiger partial charge is 0.461 e. The normalized spacial score (nSPS) is 23.9. The maximum absolute atomic E-state index is 11.9. The molecule has 2 aliphatic rings. The second-order valence-corrected chi connectivity index (χ2v) is 7.11. The van der Waals surface area contributed by atoms with E-state index in [4.69, 9.17) is 4.42 Å². The zero-order valence-electron chi connectivity index (χ0n) is 12.3. The minimum Gasteiger partial charge on any atom is -0.461 e. The van der Waals surface area contributed by atoms with E-state index in [0.717, 1.165) is 10.8 Å². The first kappa shape index (κ1) is 13.7. The Morgan fingerprint density at radius 2 is 2.23 bits per heavy atom. The van der Waals surface area contributed by atoms with E-state index in [0.29, 0.717) is 28.6 Å². The van der Waals surface area contributed by atoms with Crippen LogP contribution in [0.15, 0.2) is 22.6 Å². The molecule has 0 radical (unpaired) electrons. The third kappa shape index (κ3) is 2.97. The smallest absolute Gasteiger partial charge is 0.250 e. The van der Waals surface area contributed by atoms with Gasteiger partial charge in [0.15, 0.2) is 0 Å². The fraction of sp³-hybridized carbons (Fsp3) is 0.438. The molecule has 2 atom stereocenters. The molecule has 0 aliphatic heterocycles. The van der Waals surface area contributed by atoms with E-state index >= 15 is 0 Å². The van der Waals surface area contributed by atoms with E-state index in [1.807, 2.05) is 12.1 Å². The fourth-order valence-corrected chi connectivity index (χ4v) is 3.38. The van der Waals surface area contributed by atoms with Crippen LogP contribution in [0.1, 0.15) is 54.6 Å². The van der Waals surface area contributed by atoms with Gasteiger partial charge in [-0.05, 0) is 43.4 Å². The molecule has 0 bridgehead atoms. The summed E-state index contributed by atoms with van der Waals surface area (Å²) in [5.41, 5.74) is 0. The van der Waals surface area contributed by atoms with Crippen molar-refractivity contribution in [1.29, 1.82) is 0 Å². The summed E-state index contributed by atoms with van der Waals surface area (Å²) in [5.74, 6) is 3.34. The topological polar surface area (TPSA) is 68.0 Å². The van der Waals surface area contributed by atoms with Crippen LogP contribution in [0.25, 0.3) is 6.08 Å². The van der Waals surface area contributed by atoms with Gasteiger partial charge in [-0.2, -0.15) is 0 Å². The predicted octanol–water partition coefficient (Wildman–Crippen LogP) is 3.78. The average molecular weight is 315 g/mol. The summed E-state index contributed by atoms with van der Waals surface area (Å²) < 4.78 is 5.73. The van der Waals surface area contributed by atoms with E-state index in [2.05, 4.69) is 22.4 Å². The van der Waals surface area contributed by atoms with Gasteiger partial charge >= 0.3 is 0 Å². The zero-order chi connectivity index (χ0) is 15.1. The third-order valence-corrected chi connectivity index (χ3v) is 5.12. The van der Waals surface area contributed by atoms with E-state index in [1.165, 1.54) is 36.7 Å². The van der Waals surface area contributed by atoms with Crippen LogP contribution in [-0.4, -0.2) is 16.1 Å². The molecule has 114 valence electrons. The van der Waals surface area contributed by atoms with Crippen molar-refractivity contribution in [2.24, 2.45) is 5.92 Å². The van der Waals surface area contributed by atoms with Crippen molar-refractivity contribution in [3.63, 3.8) is 0 Å². The third-order valence-electron chi connectivity index (χ3n) is 4.12. The number of hydrogen-bond acceptors (Lipinski definition) is 5. The summed E-state index contributed by atoms with van der Waals surface area (Å²) >= 11 is 1.46. The lowest BCUT2D eigenvalue weighted by Gasteiger charge is -1.94. The molecule has 2 heterocycles. The van der Waals surface area contributed by atoms with Crippen molar-refractivity contribution in [3.05, 3.63) is 34.7 Å². The molecule has 0 aromatic carbocycles. The van der Waals surface area contributed by atoms with Gasteiger partial charge in [-0.1, -0.05) is 18.3 Å². The predicted molar refractivity (Wildman–Crippen MR) is 84.8 cm³/mol. The number of anilines is 1. The van der Waals surface area contributed by atoms with Crippen LogP contribution >= 0.6 is 11.3 Å². The van der Waals surface area contributed by atoms with Gasteiger partial charge in [0.25, 0.3) is 0 Å². The zero-order valence-corrected chi connectivity index (χ0v) is 13.1. The summed E-state index contributed by atoms with van der Waals surface area (Å²) in [6.45, 7) is 2.22. The van der Waals surface area contributed by atoms with E-state index in [-0.39, 0.29) is 5.91 Å². The molecule has 6 heteroatoms. The van der Waals surface area contributed by atoms with E-state index < -0.39 is 0 Å². The molecule has 1 amide bonds. The van der Waals surface area contributed by atoms with Crippen molar-refractivity contribution < 1.29 is 9.21 Å². The van der Waals surface area contributed by atoms with E-state index in [9.17, 15) is 4.79 Å². The number of nitrogens with one attached hydrogen (secondary N) is 1. The minimum atomic E-state index is -0.212. The maximum atomic E-state index is 11.9. The van der Waals surface area contributed by atoms with Gasteiger partial charge in [-0.25, -0.2) is 0 Å². The number of furan rings is 1. The highest BCUT2D eigenvalue weighted by molar-refractivity contribution is 7.15. The Kier molecular flexibility index (Phi) is 3.33. The Hall–Kier alpha value is -1.95. The summed E-state index contributed by atoms with van der Waals surface area (Å²) in [7, 11) is 0. The monoisotopic (exact) mass is 315 g/mol. The average Bonchev–Trinajstić information content (AvgIpc) is 3.38. The van der Waals surface area contributed by atoms with Gasteiger partial charge in [0.05, 0.1) is 0 Å². The van der Waals surface area contributed by atoms with Gasteiger partial charge in [0.2, 0.25) is 11.0 Å². The number of carbonyl (C=O) groups is 1. The first-order valence-corrected chi connectivity index (χ1v) is 8.43. The SMILES string of the molecule is CC1CC1c1ccc(/C=C/C(=O)Nc2nnc(C3CC3)s2)o1. The Labute approximate surface area is 132 Å². The van der Waals surface area contributed by atoms with Crippen LogP contribution in [0.5, 0.6) is 0 Å². The number of aromatic nitrogens is 2. The van der Waals surface area contributed by atoms with Crippen LogP contribution in [0, 0.1) is 5.92 Å². The van der Waals surface area contributed by atoms with Crippen LogP contribution in [0.2, 0.25) is 0 Å². The van der Waals surface area contributed by atoms with Gasteiger partial charge in [-0.3, -0.25) is 10.1 Å².